The number of rotatable bonds is 5. The van der Waals surface area contributed by atoms with Gasteiger partial charge >= 0.3 is 12.4 Å². The molecule has 2 aliphatic heterocycles. The number of piperazine rings is 1. The van der Waals surface area contributed by atoms with Gasteiger partial charge in [-0.05, 0) is 73.9 Å². The number of anilines is 2. The number of halogens is 7. The molecule has 2 fully saturated rings. The van der Waals surface area contributed by atoms with E-state index in [0.29, 0.717) is 55.1 Å². The maximum Gasteiger partial charge on any atom is 0.416 e. The first-order valence-electron chi connectivity index (χ1n) is 14.4. The van der Waals surface area contributed by atoms with Crippen molar-refractivity contribution in [2.75, 3.05) is 49.7 Å². The van der Waals surface area contributed by atoms with E-state index >= 15 is 0 Å². The van der Waals surface area contributed by atoms with Crippen LogP contribution < -0.4 is 9.80 Å². The van der Waals surface area contributed by atoms with Crippen molar-refractivity contribution in [1.29, 1.82) is 0 Å². The van der Waals surface area contributed by atoms with Gasteiger partial charge in [0, 0.05) is 32.2 Å². The molecule has 3 aromatic rings. The molecule has 0 radical (unpaired) electrons. The average Bonchev–Trinajstić information content (AvgIpc) is 2.99. The lowest BCUT2D eigenvalue weighted by atomic mass is 9.81. The number of hydrogen-bond donors (Lipinski definition) is 0. The van der Waals surface area contributed by atoms with E-state index in [1.54, 1.807) is 13.0 Å². The highest BCUT2D eigenvalue weighted by molar-refractivity contribution is 6.04. The maximum atomic E-state index is 14.1. The van der Waals surface area contributed by atoms with Gasteiger partial charge in [-0.25, -0.2) is 9.37 Å². The minimum absolute atomic E-state index is 0.00633. The third-order valence-corrected chi connectivity index (χ3v) is 8.53. The van der Waals surface area contributed by atoms with Crippen molar-refractivity contribution < 1.29 is 45.1 Å². The van der Waals surface area contributed by atoms with Crippen molar-refractivity contribution in [2.24, 2.45) is 0 Å². The number of morpholine rings is 1. The van der Waals surface area contributed by atoms with E-state index < -0.39 is 52.2 Å². The molecule has 0 unspecified atom stereocenters. The number of amides is 2. The molecular weight excluding hydrogens is 621 g/mol. The number of nitrogens with zero attached hydrogens (tertiary/aromatic N) is 4. The molecule has 0 aliphatic carbocycles. The summed E-state index contributed by atoms with van der Waals surface area (Å²) in [5.74, 6) is -1.33. The van der Waals surface area contributed by atoms with Crippen LogP contribution in [-0.2, 0) is 32.1 Å². The second-order valence-corrected chi connectivity index (χ2v) is 11.9. The van der Waals surface area contributed by atoms with E-state index in [1.807, 2.05) is 4.90 Å². The maximum absolute atomic E-state index is 14.1. The number of alkyl halides is 6. The summed E-state index contributed by atoms with van der Waals surface area (Å²) in [7, 11) is 1.32. The molecule has 0 N–H and O–H groups in total. The van der Waals surface area contributed by atoms with Crippen molar-refractivity contribution in [3.8, 4) is 11.1 Å². The zero-order chi connectivity index (χ0) is 33.8. The SMILES string of the molecule is Cc1cc(F)ccc1-c1cc(N2CCN3CCOC[C@H]3C2=O)ncc1N(C)C(=O)C(C)(C)c1cc(C(F)(F)F)cc(C(F)(F)F)c1. The fourth-order valence-electron chi connectivity index (χ4n) is 5.84. The minimum Gasteiger partial charge on any atom is -0.378 e. The molecule has 46 heavy (non-hydrogen) atoms. The topological polar surface area (TPSA) is 66.0 Å². The van der Waals surface area contributed by atoms with Gasteiger partial charge in [-0.2, -0.15) is 26.3 Å². The number of aryl methyl sites for hydroxylation is 1. The third kappa shape index (κ3) is 6.32. The summed E-state index contributed by atoms with van der Waals surface area (Å²) in [4.78, 5) is 36.5. The number of carbonyl (C=O) groups is 2. The van der Waals surface area contributed by atoms with Crippen LogP contribution in [0.3, 0.4) is 0 Å². The summed E-state index contributed by atoms with van der Waals surface area (Å²) in [6.07, 6.45) is -8.88. The van der Waals surface area contributed by atoms with E-state index in [-0.39, 0.29) is 30.1 Å². The van der Waals surface area contributed by atoms with Gasteiger partial charge in [0.2, 0.25) is 11.8 Å². The Hall–Kier alpha value is -4.04. The lowest BCUT2D eigenvalue weighted by Crippen LogP contribution is -2.61. The Bertz CT molecular complexity index is 1640. The number of aromatic nitrogens is 1. The Morgan fingerprint density at radius 3 is 2.15 bits per heavy atom. The monoisotopic (exact) mass is 652 g/mol. The van der Waals surface area contributed by atoms with Crippen LogP contribution in [-0.4, -0.2) is 67.6 Å². The van der Waals surface area contributed by atoms with Gasteiger partial charge in [0.15, 0.2) is 0 Å². The first-order chi connectivity index (χ1) is 21.4. The lowest BCUT2D eigenvalue weighted by Gasteiger charge is -2.42. The van der Waals surface area contributed by atoms with E-state index in [1.165, 1.54) is 50.2 Å². The molecule has 0 spiro atoms. The molecule has 0 saturated carbocycles. The van der Waals surface area contributed by atoms with Gasteiger partial charge in [-0.3, -0.25) is 19.4 Å². The van der Waals surface area contributed by atoms with Gasteiger partial charge in [-0.15, -0.1) is 0 Å². The van der Waals surface area contributed by atoms with Crippen LogP contribution in [0.15, 0.2) is 48.7 Å². The molecule has 2 amide bonds. The van der Waals surface area contributed by atoms with Crippen LogP contribution in [0.1, 0.15) is 36.1 Å². The average molecular weight is 653 g/mol. The predicted molar refractivity (Wildman–Crippen MR) is 156 cm³/mol. The standard InChI is InChI=1S/C32H31F7N4O3/c1-18-11-22(33)5-6-23(18)24-15-27(43-8-7-42-9-10-46-17-26(42)28(43)44)40-16-25(24)41(4)29(45)30(2,3)19-12-20(31(34,35)36)14-21(13-19)32(37,38)39/h5-6,11-16,26H,7-10,17H2,1-4H3/t26-/m0/s1. The van der Waals surface area contributed by atoms with Crippen LogP contribution >= 0.6 is 0 Å². The fourth-order valence-corrected chi connectivity index (χ4v) is 5.84. The summed E-state index contributed by atoms with van der Waals surface area (Å²) >= 11 is 0. The molecule has 2 saturated heterocycles. The molecule has 0 bridgehead atoms. The molecular formula is C32H31F7N4O3. The Labute approximate surface area is 260 Å². The molecule has 7 nitrogen and oxygen atoms in total. The highest BCUT2D eigenvalue weighted by Gasteiger charge is 2.42. The zero-order valence-electron chi connectivity index (χ0n) is 25.4. The van der Waals surface area contributed by atoms with E-state index in [4.69, 9.17) is 4.74 Å². The van der Waals surface area contributed by atoms with Gasteiger partial charge in [0.1, 0.15) is 17.7 Å². The van der Waals surface area contributed by atoms with Crippen LogP contribution in [0.4, 0.5) is 42.2 Å². The summed E-state index contributed by atoms with van der Waals surface area (Å²) in [5, 5.41) is 0. The minimum atomic E-state index is -5.10. The summed E-state index contributed by atoms with van der Waals surface area (Å²) in [6.45, 7) is 6.33. The highest BCUT2D eigenvalue weighted by Crippen LogP contribution is 2.41. The molecule has 2 aromatic carbocycles. The van der Waals surface area contributed by atoms with Crippen LogP contribution in [0.25, 0.3) is 11.1 Å². The molecule has 2 aliphatic rings. The van der Waals surface area contributed by atoms with Crippen molar-refractivity contribution >= 4 is 23.3 Å². The summed E-state index contributed by atoms with van der Waals surface area (Å²) in [5.41, 5.74) is -4.00. The number of fused-ring (bicyclic) bond motifs is 1. The Balaban J connectivity index is 1.58. The van der Waals surface area contributed by atoms with Crippen molar-refractivity contribution in [1.82, 2.24) is 9.88 Å². The van der Waals surface area contributed by atoms with Crippen molar-refractivity contribution in [2.45, 2.75) is 44.6 Å². The van der Waals surface area contributed by atoms with Gasteiger partial charge in [0.05, 0.1) is 41.6 Å². The van der Waals surface area contributed by atoms with Crippen molar-refractivity contribution in [3.63, 3.8) is 0 Å². The number of carbonyl (C=O) groups excluding carboxylic acids is 2. The first-order valence-corrected chi connectivity index (χ1v) is 14.4. The second kappa shape index (κ2) is 12.0. The Kier molecular flexibility index (Phi) is 8.66. The van der Waals surface area contributed by atoms with Crippen LogP contribution in [0, 0.1) is 12.7 Å². The van der Waals surface area contributed by atoms with Gasteiger partial charge in [-0.1, -0.05) is 6.07 Å². The fraction of sp³-hybridized carbons (Fsp3) is 0.406. The quantitative estimate of drug-likeness (QED) is 0.307. The van der Waals surface area contributed by atoms with E-state index in [0.717, 1.165) is 4.90 Å². The number of pyridine rings is 1. The Morgan fingerprint density at radius 2 is 1.54 bits per heavy atom. The largest absolute Gasteiger partial charge is 0.416 e. The Morgan fingerprint density at radius 1 is 0.913 bits per heavy atom. The number of hydrogen-bond acceptors (Lipinski definition) is 5. The van der Waals surface area contributed by atoms with Crippen molar-refractivity contribution in [3.05, 3.63) is 76.7 Å². The molecule has 1 atom stereocenters. The molecule has 3 heterocycles. The predicted octanol–water partition coefficient (Wildman–Crippen LogP) is 6.22. The summed E-state index contributed by atoms with van der Waals surface area (Å²) < 4.78 is 101. The third-order valence-electron chi connectivity index (χ3n) is 8.53. The molecule has 1 aromatic heterocycles. The van der Waals surface area contributed by atoms with E-state index in [9.17, 15) is 40.3 Å². The highest BCUT2D eigenvalue weighted by atomic mass is 19.4. The zero-order valence-corrected chi connectivity index (χ0v) is 25.4. The van der Waals surface area contributed by atoms with Gasteiger partial charge < -0.3 is 9.64 Å². The normalized spacial score (nSPS) is 18.0. The van der Waals surface area contributed by atoms with Crippen LogP contribution in [0.5, 0.6) is 0 Å². The number of benzene rings is 2. The molecule has 246 valence electrons. The lowest BCUT2D eigenvalue weighted by molar-refractivity contribution is -0.143. The first kappa shape index (κ1) is 33.3. The van der Waals surface area contributed by atoms with E-state index in [2.05, 4.69) is 4.98 Å². The number of ether oxygens (including phenoxy) is 1. The smallest absolute Gasteiger partial charge is 0.378 e. The molecule has 14 heteroatoms. The van der Waals surface area contributed by atoms with Crippen LogP contribution in [0.2, 0.25) is 0 Å². The second-order valence-electron chi connectivity index (χ2n) is 11.9. The summed E-state index contributed by atoms with van der Waals surface area (Å²) in [6, 6.07) is 6.11. The van der Waals surface area contributed by atoms with Gasteiger partial charge in [0.25, 0.3) is 0 Å². The number of likely N-dealkylation sites (N-methyl/N-ethyl adjacent to an activating group) is 1. The molecule has 5 rings (SSSR count).